The van der Waals surface area contributed by atoms with Crippen LogP contribution in [0.15, 0.2) is 36.0 Å². The molecular formula is C15H16Cl2N4OS. The molecule has 0 aliphatic heterocycles. The molecule has 1 amide bonds. The van der Waals surface area contributed by atoms with Crippen LogP contribution in [0.2, 0.25) is 10.0 Å². The Morgan fingerprint density at radius 1 is 1.43 bits per heavy atom. The van der Waals surface area contributed by atoms with E-state index < -0.39 is 0 Å². The van der Waals surface area contributed by atoms with Gasteiger partial charge in [-0.15, -0.1) is 16.8 Å². The molecule has 0 aliphatic carbocycles. The van der Waals surface area contributed by atoms with Crippen LogP contribution >= 0.6 is 35.0 Å². The molecule has 1 aromatic carbocycles. The molecule has 0 atom stereocenters. The van der Waals surface area contributed by atoms with Gasteiger partial charge in [0.15, 0.2) is 11.0 Å². The first-order valence-electron chi connectivity index (χ1n) is 6.95. The maximum atomic E-state index is 11.7. The number of carbonyl (C=O) groups excluding carboxylic acids is 1. The lowest BCUT2D eigenvalue weighted by molar-refractivity contribution is -0.118. The molecule has 0 spiro atoms. The Kier molecular flexibility index (Phi) is 6.50. The maximum Gasteiger partial charge on any atom is 0.230 e. The number of nitrogens with zero attached hydrogens (tertiary/aromatic N) is 3. The Morgan fingerprint density at radius 3 is 2.87 bits per heavy atom. The van der Waals surface area contributed by atoms with Gasteiger partial charge < -0.3 is 9.88 Å². The van der Waals surface area contributed by atoms with Crippen molar-refractivity contribution in [3.05, 3.63) is 40.9 Å². The molecule has 1 aromatic heterocycles. The average Bonchev–Trinajstić information content (AvgIpc) is 2.93. The van der Waals surface area contributed by atoms with Crippen molar-refractivity contribution in [2.45, 2.75) is 18.6 Å². The van der Waals surface area contributed by atoms with Gasteiger partial charge in [0.2, 0.25) is 5.91 Å². The van der Waals surface area contributed by atoms with Gasteiger partial charge in [0, 0.05) is 23.7 Å². The van der Waals surface area contributed by atoms with Crippen molar-refractivity contribution in [3.63, 3.8) is 0 Å². The van der Waals surface area contributed by atoms with Crippen LogP contribution in [0.25, 0.3) is 11.4 Å². The molecule has 0 saturated carbocycles. The molecule has 122 valence electrons. The molecule has 8 heteroatoms. The number of benzene rings is 1. The summed E-state index contributed by atoms with van der Waals surface area (Å²) < 4.78 is 1.92. The van der Waals surface area contributed by atoms with Gasteiger partial charge in [-0.3, -0.25) is 4.79 Å². The van der Waals surface area contributed by atoms with Crippen molar-refractivity contribution in [1.29, 1.82) is 0 Å². The molecule has 5 nitrogen and oxygen atoms in total. The highest BCUT2D eigenvalue weighted by Gasteiger charge is 2.16. The van der Waals surface area contributed by atoms with Crippen LogP contribution in [0.3, 0.4) is 0 Å². The Balaban J connectivity index is 2.19. The minimum Gasteiger partial charge on any atom is -0.352 e. The zero-order valence-electron chi connectivity index (χ0n) is 12.6. The van der Waals surface area contributed by atoms with Crippen molar-refractivity contribution in [1.82, 2.24) is 20.1 Å². The minimum atomic E-state index is -0.0772. The van der Waals surface area contributed by atoms with Crippen LogP contribution < -0.4 is 5.32 Å². The van der Waals surface area contributed by atoms with E-state index in [0.717, 1.165) is 5.56 Å². The van der Waals surface area contributed by atoms with Crippen LogP contribution in [-0.2, 0) is 11.3 Å². The van der Waals surface area contributed by atoms with Gasteiger partial charge in [-0.25, -0.2) is 0 Å². The maximum absolute atomic E-state index is 11.7. The van der Waals surface area contributed by atoms with Gasteiger partial charge >= 0.3 is 0 Å². The van der Waals surface area contributed by atoms with Crippen molar-refractivity contribution in [2.75, 3.05) is 12.3 Å². The summed E-state index contributed by atoms with van der Waals surface area (Å²) in [4.78, 5) is 11.7. The highest BCUT2D eigenvalue weighted by atomic mass is 35.5. The first-order valence-corrected chi connectivity index (χ1v) is 8.70. The van der Waals surface area contributed by atoms with Crippen LogP contribution in [0, 0.1) is 0 Å². The highest BCUT2D eigenvalue weighted by Crippen LogP contribution is 2.31. The van der Waals surface area contributed by atoms with Crippen molar-refractivity contribution < 1.29 is 4.79 Å². The van der Waals surface area contributed by atoms with Gasteiger partial charge in [-0.1, -0.05) is 41.0 Å². The number of thioether (sulfide) groups is 1. The number of rotatable bonds is 7. The lowest BCUT2D eigenvalue weighted by Gasteiger charge is -2.08. The number of hydrogen-bond acceptors (Lipinski definition) is 4. The van der Waals surface area contributed by atoms with E-state index in [0.29, 0.717) is 34.1 Å². The number of carbonyl (C=O) groups is 1. The summed E-state index contributed by atoms with van der Waals surface area (Å²) in [6.07, 6.45) is 1.64. The fraction of sp³-hybridized carbons (Fsp3) is 0.267. The van der Waals surface area contributed by atoms with Crippen LogP contribution in [0.5, 0.6) is 0 Å². The van der Waals surface area contributed by atoms with Gasteiger partial charge in [0.1, 0.15) is 0 Å². The topological polar surface area (TPSA) is 59.8 Å². The van der Waals surface area contributed by atoms with Gasteiger partial charge in [0.05, 0.1) is 10.8 Å². The summed E-state index contributed by atoms with van der Waals surface area (Å²) in [7, 11) is 0. The molecule has 0 bridgehead atoms. The Hall–Kier alpha value is -1.50. The quantitative estimate of drug-likeness (QED) is 0.596. The number of aromatic nitrogens is 3. The zero-order chi connectivity index (χ0) is 16.8. The standard InChI is InChI=1S/C15H16Cl2N4OS/c1-3-7-18-13(22)9-23-15-20-19-14(21(15)4-2)11-6-5-10(16)8-12(11)17/h3,5-6,8H,1,4,7,9H2,2H3,(H,18,22). The molecule has 0 saturated heterocycles. The fourth-order valence-corrected chi connectivity index (χ4v) is 3.24. The molecule has 0 fully saturated rings. The van der Waals surface area contributed by atoms with E-state index in [1.165, 1.54) is 11.8 Å². The molecule has 1 N–H and O–H groups in total. The molecule has 2 aromatic rings. The lowest BCUT2D eigenvalue weighted by Crippen LogP contribution is -2.25. The first kappa shape index (κ1) is 17.8. The SMILES string of the molecule is C=CCNC(=O)CSc1nnc(-c2ccc(Cl)cc2Cl)n1CC. The van der Waals surface area contributed by atoms with E-state index in [1.54, 1.807) is 18.2 Å². The Bertz CT molecular complexity index is 717. The predicted octanol–water partition coefficient (Wildman–Crippen LogP) is 3.67. The van der Waals surface area contributed by atoms with E-state index in [-0.39, 0.29) is 11.7 Å². The van der Waals surface area contributed by atoms with Gasteiger partial charge in [-0.05, 0) is 25.1 Å². The van der Waals surface area contributed by atoms with Gasteiger partial charge in [-0.2, -0.15) is 0 Å². The summed E-state index contributed by atoms with van der Waals surface area (Å²) >= 11 is 13.5. The summed E-state index contributed by atoms with van der Waals surface area (Å²) in [5, 5.41) is 12.8. The fourth-order valence-electron chi connectivity index (χ4n) is 1.92. The first-order chi connectivity index (χ1) is 11.1. The summed E-state index contributed by atoms with van der Waals surface area (Å²) in [6.45, 7) is 6.66. The number of amides is 1. The molecule has 23 heavy (non-hydrogen) atoms. The summed E-state index contributed by atoms with van der Waals surface area (Å²) in [5.41, 5.74) is 0.758. The minimum absolute atomic E-state index is 0.0772. The Labute approximate surface area is 149 Å². The molecule has 0 unspecified atom stereocenters. The van der Waals surface area contributed by atoms with E-state index in [2.05, 4.69) is 22.1 Å². The average molecular weight is 371 g/mol. The molecule has 0 aliphatic rings. The van der Waals surface area contributed by atoms with E-state index in [4.69, 9.17) is 23.2 Å². The number of nitrogens with one attached hydrogen (secondary N) is 1. The van der Waals surface area contributed by atoms with E-state index in [1.807, 2.05) is 17.6 Å². The zero-order valence-corrected chi connectivity index (χ0v) is 14.9. The lowest BCUT2D eigenvalue weighted by atomic mass is 10.2. The smallest absolute Gasteiger partial charge is 0.230 e. The third-order valence-electron chi connectivity index (χ3n) is 2.98. The van der Waals surface area contributed by atoms with Crippen LogP contribution in [0.1, 0.15) is 6.92 Å². The van der Waals surface area contributed by atoms with Crippen molar-refractivity contribution >= 4 is 40.9 Å². The molecule has 1 heterocycles. The second kappa shape index (κ2) is 8.38. The highest BCUT2D eigenvalue weighted by molar-refractivity contribution is 7.99. The summed E-state index contributed by atoms with van der Waals surface area (Å²) in [6, 6.07) is 5.24. The summed E-state index contributed by atoms with van der Waals surface area (Å²) in [5.74, 6) is 0.843. The molecule has 2 rings (SSSR count). The van der Waals surface area contributed by atoms with Crippen LogP contribution in [0.4, 0.5) is 0 Å². The number of hydrogen-bond donors (Lipinski definition) is 1. The molecular weight excluding hydrogens is 355 g/mol. The van der Waals surface area contributed by atoms with Crippen molar-refractivity contribution in [3.8, 4) is 11.4 Å². The monoisotopic (exact) mass is 370 g/mol. The van der Waals surface area contributed by atoms with Gasteiger partial charge in [0.25, 0.3) is 0 Å². The third kappa shape index (κ3) is 4.50. The largest absolute Gasteiger partial charge is 0.352 e. The third-order valence-corrected chi connectivity index (χ3v) is 4.50. The normalized spacial score (nSPS) is 10.6. The van der Waals surface area contributed by atoms with E-state index >= 15 is 0 Å². The second-order valence-electron chi connectivity index (χ2n) is 4.56. The Morgan fingerprint density at radius 2 is 2.22 bits per heavy atom. The molecule has 0 radical (unpaired) electrons. The second-order valence-corrected chi connectivity index (χ2v) is 6.34. The van der Waals surface area contributed by atoms with Crippen molar-refractivity contribution in [2.24, 2.45) is 0 Å². The predicted molar refractivity (Wildman–Crippen MR) is 95.1 cm³/mol. The number of halogens is 2. The van der Waals surface area contributed by atoms with Crippen LogP contribution in [-0.4, -0.2) is 33.0 Å². The van der Waals surface area contributed by atoms with E-state index in [9.17, 15) is 4.79 Å².